The summed E-state index contributed by atoms with van der Waals surface area (Å²) in [5.41, 5.74) is 2.82. The number of amides is 1. The van der Waals surface area contributed by atoms with Gasteiger partial charge in [0.15, 0.2) is 0 Å². The summed E-state index contributed by atoms with van der Waals surface area (Å²) in [7, 11) is 1.37. The smallest absolute Gasteiger partial charge is 0.340 e. The van der Waals surface area contributed by atoms with Gasteiger partial charge in [-0.1, -0.05) is 0 Å². The Morgan fingerprint density at radius 3 is 2.09 bits per heavy atom. The van der Waals surface area contributed by atoms with Gasteiger partial charge in [0, 0.05) is 29.9 Å². The second-order valence-corrected chi connectivity index (χ2v) is 8.78. The van der Waals surface area contributed by atoms with E-state index in [-0.39, 0.29) is 18.5 Å². The molecule has 3 aromatic rings. The molecule has 1 amide bonds. The van der Waals surface area contributed by atoms with Crippen LogP contribution in [-0.4, -0.2) is 81.0 Å². The standard InChI is InChI=1S/C24H31NO9/c1-10-13(4)33-22-12(3)23-15(6-14(10)22)11(2)16(24(32)34-23)7-19(29)25(5)8-17(27)20(30)21(31)18(28)9-26/h6,17-18,20-21,26-28,30-31H,7-9H2,1-5H3/t17-,18+,20+,21+/m0/s1. The summed E-state index contributed by atoms with van der Waals surface area (Å²) in [6.45, 7) is 6.16. The average Bonchev–Trinajstić information content (AvgIpc) is 3.09. The van der Waals surface area contributed by atoms with E-state index in [2.05, 4.69) is 0 Å². The number of furan rings is 1. The summed E-state index contributed by atoms with van der Waals surface area (Å²) >= 11 is 0. The van der Waals surface area contributed by atoms with Crippen LogP contribution in [0.2, 0.25) is 0 Å². The number of carbonyl (C=O) groups is 1. The fraction of sp³-hybridized carbons (Fsp3) is 0.500. The molecule has 0 radical (unpaired) electrons. The largest absolute Gasteiger partial charge is 0.461 e. The zero-order valence-corrected chi connectivity index (χ0v) is 19.8. The number of carbonyl (C=O) groups excluding carboxylic acids is 1. The van der Waals surface area contributed by atoms with E-state index in [0.717, 1.165) is 21.6 Å². The highest BCUT2D eigenvalue weighted by molar-refractivity contribution is 6.00. The van der Waals surface area contributed by atoms with Gasteiger partial charge >= 0.3 is 5.63 Å². The maximum atomic E-state index is 12.8. The first kappa shape index (κ1) is 25.9. The molecule has 0 spiro atoms. The monoisotopic (exact) mass is 477 g/mol. The van der Waals surface area contributed by atoms with Crippen molar-refractivity contribution in [3.05, 3.63) is 44.5 Å². The van der Waals surface area contributed by atoms with Crippen LogP contribution in [0.25, 0.3) is 21.9 Å². The van der Waals surface area contributed by atoms with Crippen molar-refractivity contribution >= 4 is 27.8 Å². The lowest BCUT2D eigenvalue weighted by Gasteiger charge is -2.28. The van der Waals surface area contributed by atoms with Crippen LogP contribution >= 0.6 is 0 Å². The number of likely N-dealkylation sites (N-methyl/N-ethyl adjacent to an activating group) is 1. The molecule has 2 aromatic heterocycles. The molecule has 0 fully saturated rings. The van der Waals surface area contributed by atoms with E-state index in [1.165, 1.54) is 7.05 Å². The first-order chi connectivity index (χ1) is 15.9. The van der Waals surface area contributed by atoms with Crippen molar-refractivity contribution in [3.8, 4) is 0 Å². The predicted octanol–water partition coefficient (Wildman–Crippen LogP) is 0.210. The molecule has 0 aliphatic rings. The molecule has 3 rings (SSSR count). The Morgan fingerprint density at radius 2 is 1.47 bits per heavy atom. The Hall–Kier alpha value is -2.76. The molecule has 4 atom stereocenters. The second-order valence-electron chi connectivity index (χ2n) is 8.78. The minimum atomic E-state index is -1.80. The Labute approximate surface area is 195 Å². The number of benzene rings is 1. The van der Waals surface area contributed by atoms with Crippen molar-refractivity contribution < 1.29 is 39.2 Å². The minimum absolute atomic E-state index is 0.173. The number of nitrogens with zero attached hydrogens (tertiary/aromatic N) is 1. The molecule has 2 heterocycles. The molecule has 0 aliphatic carbocycles. The van der Waals surface area contributed by atoms with Gasteiger partial charge in [-0.2, -0.15) is 0 Å². The minimum Gasteiger partial charge on any atom is -0.461 e. The Morgan fingerprint density at radius 1 is 0.912 bits per heavy atom. The molecule has 0 aliphatic heterocycles. The third kappa shape index (κ3) is 4.59. The van der Waals surface area contributed by atoms with E-state index in [9.17, 15) is 30.0 Å². The lowest BCUT2D eigenvalue weighted by atomic mass is 9.98. The van der Waals surface area contributed by atoms with Crippen LogP contribution in [-0.2, 0) is 11.2 Å². The number of fused-ring (bicyclic) bond motifs is 2. The third-order valence-corrected chi connectivity index (χ3v) is 6.48. The molecule has 186 valence electrons. The van der Waals surface area contributed by atoms with E-state index >= 15 is 0 Å². The lowest BCUT2D eigenvalue weighted by Crippen LogP contribution is -2.50. The number of hydrogen-bond donors (Lipinski definition) is 5. The molecule has 5 N–H and O–H groups in total. The second kappa shape index (κ2) is 9.85. The fourth-order valence-electron chi connectivity index (χ4n) is 4.04. The maximum Gasteiger partial charge on any atom is 0.340 e. The van der Waals surface area contributed by atoms with Gasteiger partial charge in [-0.05, 0) is 44.9 Å². The normalized spacial score (nSPS) is 15.5. The summed E-state index contributed by atoms with van der Waals surface area (Å²) in [5, 5.41) is 49.8. The van der Waals surface area contributed by atoms with E-state index in [1.54, 1.807) is 6.92 Å². The number of aliphatic hydroxyl groups excluding tert-OH is 5. The summed E-state index contributed by atoms with van der Waals surface area (Å²) in [6.07, 6.45) is -7.13. The molecule has 0 saturated heterocycles. The summed E-state index contributed by atoms with van der Waals surface area (Å²) in [4.78, 5) is 26.7. The zero-order chi connectivity index (χ0) is 25.5. The van der Waals surface area contributed by atoms with Gasteiger partial charge in [-0.15, -0.1) is 0 Å². The number of rotatable bonds is 8. The van der Waals surface area contributed by atoms with Gasteiger partial charge < -0.3 is 39.3 Å². The van der Waals surface area contributed by atoms with Gasteiger partial charge in [0.25, 0.3) is 0 Å². The van der Waals surface area contributed by atoms with Crippen LogP contribution in [0.5, 0.6) is 0 Å². The molecular formula is C24H31NO9. The first-order valence-electron chi connectivity index (χ1n) is 10.9. The van der Waals surface area contributed by atoms with Crippen molar-refractivity contribution in [2.75, 3.05) is 20.2 Å². The maximum absolute atomic E-state index is 12.8. The molecule has 0 saturated carbocycles. The van der Waals surface area contributed by atoms with Crippen LogP contribution in [0.3, 0.4) is 0 Å². The molecule has 10 nitrogen and oxygen atoms in total. The summed E-state index contributed by atoms with van der Waals surface area (Å²) < 4.78 is 11.4. The van der Waals surface area contributed by atoms with Crippen LogP contribution in [0.4, 0.5) is 0 Å². The Bertz CT molecular complexity index is 1280. The zero-order valence-electron chi connectivity index (χ0n) is 19.8. The molecule has 0 bridgehead atoms. The van der Waals surface area contributed by atoms with Crippen molar-refractivity contribution in [3.63, 3.8) is 0 Å². The fourth-order valence-corrected chi connectivity index (χ4v) is 4.04. The highest BCUT2D eigenvalue weighted by Gasteiger charge is 2.31. The van der Waals surface area contributed by atoms with E-state index < -0.39 is 42.6 Å². The van der Waals surface area contributed by atoms with Crippen LogP contribution in [0, 0.1) is 27.7 Å². The van der Waals surface area contributed by atoms with Gasteiger partial charge in [0.1, 0.15) is 41.3 Å². The Balaban J connectivity index is 1.88. The van der Waals surface area contributed by atoms with Crippen LogP contribution in [0.15, 0.2) is 19.7 Å². The van der Waals surface area contributed by atoms with Gasteiger partial charge in [0.05, 0.1) is 18.6 Å². The van der Waals surface area contributed by atoms with Crippen molar-refractivity contribution in [1.29, 1.82) is 0 Å². The highest BCUT2D eigenvalue weighted by Crippen LogP contribution is 2.34. The van der Waals surface area contributed by atoms with E-state index in [4.69, 9.17) is 13.9 Å². The quantitative estimate of drug-likeness (QED) is 0.285. The van der Waals surface area contributed by atoms with Crippen LogP contribution < -0.4 is 5.63 Å². The van der Waals surface area contributed by atoms with Crippen molar-refractivity contribution in [2.45, 2.75) is 58.5 Å². The SMILES string of the molecule is Cc1oc2c(C)c3oc(=O)c(CC(=O)N(C)C[C@H](O)[C@@H](O)[C@H](O)[C@H](O)CO)c(C)c3cc2c1C. The van der Waals surface area contributed by atoms with Crippen LogP contribution in [0.1, 0.15) is 28.0 Å². The van der Waals surface area contributed by atoms with Gasteiger partial charge in [-0.25, -0.2) is 4.79 Å². The highest BCUT2D eigenvalue weighted by atomic mass is 16.4. The average molecular weight is 478 g/mol. The Kier molecular flexibility index (Phi) is 7.49. The number of aryl methyl sites for hydroxylation is 4. The first-order valence-corrected chi connectivity index (χ1v) is 10.9. The van der Waals surface area contributed by atoms with E-state index in [1.807, 2.05) is 26.8 Å². The molecule has 34 heavy (non-hydrogen) atoms. The lowest BCUT2D eigenvalue weighted by molar-refractivity contribution is -0.137. The molecule has 10 heteroatoms. The van der Waals surface area contributed by atoms with Gasteiger partial charge in [-0.3, -0.25) is 4.79 Å². The third-order valence-electron chi connectivity index (χ3n) is 6.48. The number of aliphatic hydroxyl groups is 5. The topological polar surface area (TPSA) is 165 Å². The molecule has 0 unspecified atom stereocenters. The summed E-state index contributed by atoms with van der Waals surface area (Å²) in [6, 6.07) is 1.88. The van der Waals surface area contributed by atoms with E-state index in [0.29, 0.717) is 27.7 Å². The number of hydrogen-bond acceptors (Lipinski definition) is 9. The molecule has 1 aromatic carbocycles. The van der Waals surface area contributed by atoms with Gasteiger partial charge in [0.2, 0.25) is 5.91 Å². The van der Waals surface area contributed by atoms with Crippen molar-refractivity contribution in [2.24, 2.45) is 0 Å². The van der Waals surface area contributed by atoms with Crippen molar-refractivity contribution in [1.82, 2.24) is 4.90 Å². The predicted molar refractivity (Wildman–Crippen MR) is 124 cm³/mol. The summed E-state index contributed by atoms with van der Waals surface area (Å²) in [5.74, 6) is 0.245. The molecular weight excluding hydrogens is 446 g/mol.